The zero-order valence-electron chi connectivity index (χ0n) is 13.6. The van der Waals surface area contributed by atoms with Crippen LogP contribution in [0.15, 0.2) is 24.3 Å². The van der Waals surface area contributed by atoms with Crippen molar-refractivity contribution in [1.82, 2.24) is 10.2 Å². The van der Waals surface area contributed by atoms with Crippen molar-refractivity contribution >= 4 is 12.0 Å². The van der Waals surface area contributed by atoms with Gasteiger partial charge < -0.3 is 20.5 Å². The predicted molar refractivity (Wildman–Crippen MR) is 86.9 cm³/mol. The molecule has 0 spiro atoms. The number of nitrogens with zero attached hydrogens (tertiary/aromatic N) is 1. The van der Waals surface area contributed by atoms with Gasteiger partial charge in [0.25, 0.3) is 0 Å². The molecule has 1 unspecified atom stereocenters. The Bertz CT molecular complexity index is 584. The summed E-state index contributed by atoms with van der Waals surface area (Å²) >= 11 is 0. The molecule has 2 fully saturated rings. The number of benzene rings is 1. The van der Waals surface area contributed by atoms with E-state index >= 15 is 0 Å². The van der Waals surface area contributed by atoms with E-state index in [0.29, 0.717) is 32.8 Å². The maximum absolute atomic E-state index is 12.4. The first kappa shape index (κ1) is 16.7. The van der Waals surface area contributed by atoms with Gasteiger partial charge in [0.05, 0.1) is 6.61 Å². The molecule has 130 valence electrons. The molecule has 2 atom stereocenters. The van der Waals surface area contributed by atoms with E-state index in [4.69, 9.17) is 15.2 Å². The summed E-state index contributed by atoms with van der Waals surface area (Å²) in [6.07, 6.45) is 0.486. The lowest BCUT2D eigenvalue weighted by Gasteiger charge is -2.23. The monoisotopic (exact) mass is 333 g/mol. The fourth-order valence-electron chi connectivity index (χ4n) is 2.98. The molecule has 0 bridgehead atoms. The third kappa shape index (κ3) is 3.85. The summed E-state index contributed by atoms with van der Waals surface area (Å²) in [6.45, 7) is 2.85. The van der Waals surface area contributed by atoms with Gasteiger partial charge in [0.1, 0.15) is 12.6 Å². The van der Waals surface area contributed by atoms with Crippen LogP contribution in [0, 0.1) is 5.92 Å². The SMILES string of the molecule is NCc1ccc(CNC(=O)[C@@H]2COC(=O)N2CC2CCOC2)cc1. The number of cyclic esters (lactones) is 1. The minimum Gasteiger partial charge on any atom is -0.447 e. The Balaban J connectivity index is 1.55. The highest BCUT2D eigenvalue weighted by atomic mass is 16.6. The number of ether oxygens (including phenoxy) is 2. The van der Waals surface area contributed by atoms with E-state index in [1.165, 1.54) is 4.90 Å². The number of carbonyl (C=O) groups is 2. The molecule has 0 saturated carbocycles. The first-order valence-corrected chi connectivity index (χ1v) is 8.24. The Morgan fingerprint density at radius 2 is 2.00 bits per heavy atom. The highest BCUT2D eigenvalue weighted by molar-refractivity contribution is 5.87. The van der Waals surface area contributed by atoms with Gasteiger partial charge in [0.2, 0.25) is 5.91 Å². The van der Waals surface area contributed by atoms with Gasteiger partial charge in [0.15, 0.2) is 0 Å². The highest BCUT2D eigenvalue weighted by Crippen LogP contribution is 2.20. The van der Waals surface area contributed by atoms with Crippen LogP contribution in [0.4, 0.5) is 4.79 Å². The third-order valence-corrected chi connectivity index (χ3v) is 4.48. The molecule has 2 saturated heterocycles. The number of carbonyl (C=O) groups excluding carboxylic acids is 2. The Hall–Kier alpha value is -2.12. The van der Waals surface area contributed by atoms with Gasteiger partial charge in [-0.3, -0.25) is 9.69 Å². The molecule has 0 aliphatic carbocycles. The average Bonchev–Trinajstić information content (AvgIpc) is 3.24. The first-order valence-electron chi connectivity index (χ1n) is 8.24. The number of nitrogens with two attached hydrogens (primary N) is 1. The molecule has 3 N–H and O–H groups in total. The molecule has 7 heteroatoms. The summed E-state index contributed by atoms with van der Waals surface area (Å²) in [6, 6.07) is 7.19. The van der Waals surface area contributed by atoms with E-state index in [2.05, 4.69) is 5.32 Å². The van der Waals surface area contributed by atoms with Crippen LogP contribution in [-0.2, 0) is 27.4 Å². The fourth-order valence-corrected chi connectivity index (χ4v) is 2.98. The van der Waals surface area contributed by atoms with Crippen molar-refractivity contribution in [1.29, 1.82) is 0 Å². The molecule has 1 aromatic carbocycles. The van der Waals surface area contributed by atoms with Gasteiger partial charge in [-0.2, -0.15) is 0 Å². The summed E-state index contributed by atoms with van der Waals surface area (Å²) in [5, 5.41) is 2.88. The van der Waals surface area contributed by atoms with Crippen molar-refractivity contribution in [3.8, 4) is 0 Å². The zero-order valence-corrected chi connectivity index (χ0v) is 13.6. The maximum atomic E-state index is 12.4. The number of hydrogen-bond acceptors (Lipinski definition) is 5. The van der Waals surface area contributed by atoms with Crippen LogP contribution in [0.2, 0.25) is 0 Å². The van der Waals surface area contributed by atoms with Crippen LogP contribution < -0.4 is 11.1 Å². The maximum Gasteiger partial charge on any atom is 0.410 e. The van der Waals surface area contributed by atoms with Gasteiger partial charge in [-0.05, 0) is 17.5 Å². The second-order valence-corrected chi connectivity index (χ2v) is 6.21. The molecule has 7 nitrogen and oxygen atoms in total. The number of nitrogens with one attached hydrogen (secondary N) is 1. The summed E-state index contributed by atoms with van der Waals surface area (Å²) < 4.78 is 10.4. The Morgan fingerprint density at radius 1 is 1.25 bits per heavy atom. The van der Waals surface area contributed by atoms with Crippen LogP contribution in [-0.4, -0.2) is 49.3 Å². The summed E-state index contributed by atoms with van der Waals surface area (Å²) in [7, 11) is 0. The molecule has 1 aromatic rings. The van der Waals surface area contributed by atoms with E-state index in [0.717, 1.165) is 17.5 Å². The predicted octanol–water partition coefficient (Wildman–Crippen LogP) is 0.619. The van der Waals surface area contributed by atoms with Crippen LogP contribution in [0.5, 0.6) is 0 Å². The van der Waals surface area contributed by atoms with E-state index < -0.39 is 12.1 Å². The summed E-state index contributed by atoms with van der Waals surface area (Å²) in [4.78, 5) is 25.8. The van der Waals surface area contributed by atoms with E-state index in [-0.39, 0.29) is 18.4 Å². The minimum absolute atomic E-state index is 0.102. The van der Waals surface area contributed by atoms with Gasteiger partial charge >= 0.3 is 6.09 Å². The van der Waals surface area contributed by atoms with E-state index in [1.807, 2.05) is 24.3 Å². The number of rotatable bonds is 6. The lowest BCUT2D eigenvalue weighted by atomic mass is 10.1. The van der Waals surface area contributed by atoms with Crippen molar-refractivity contribution in [3.05, 3.63) is 35.4 Å². The molecule has 24 heavy (non-hydrogen) atoms. The molecule has 2 aliphatic heterocycles. The quantitative estimate of drug-likeness (QED) is 0.796. The van der Waals surface area contributed by atoms with Crippen LogP contribution >= 0.6 is 0 Å². The van der Waals surface area contributed by atoms with Crippen LogP contribution in [0.3, 0.4) is 0 Å². The van der Waals surface area contributed by atoms with E-state index in [9.17, 15) is 9.59 Å². The second kappa shape index (κ2) is 7.63. The van der Waals surface area contributed by atoms with Gasteiger partial charge in [-0.1, -0.05) is 24.3 Å². The van der Waals surface area contributed by atoms with Crippen molar-refractivity contribution in [2.45, 2.75) is 25.6 Å². The molecule has 2 amide bonds. The zero-order chi connectivity index (χ0) is 16.9. The Morgan fingerprint density at radius 3 is 2.67 bits per heavy atom. The third-order valence-electron chi connectivity index (χ3n) is 4.48. The molecule has 0 aromatic heterocycles. The lowest BCUT2D eigenvalue weighted by Crippen LogP contribution is -2.47. The Labute approximate surface area is 141 Å². The van der Waals surface area contributed by atoms with Gasteiger partial charge in [-0.15, -0.1) is 0 Å². The van der Waals surface area contributed by atoms with Gasteiger partial charge in [0, 0.05) is 32.2 Å². The number of amides is 2. The van der Waals surface area contributed by atoms with Crippen molar-refractivity contribution < 1.29 is 19.1 Å². The fraction of sp³-hybridized carbons (Fsp3) is 0.529. The molecule has 3 rings (SSSR count). The highest BCUT2D eigenvalue weighted by Gasteiger charge is 2.39. The lowest BCUT2D eigenvalue weighted by molar-refractivity contribution is -0.125. The normalized spacial score (nSPS) is 23.4. The largest absolute Gasteiger partial charge is 0.447 e. The number of hydrogen-bond donors (Lipinski definition) is 2. The summed E-state index contributed by atoms with van der Waals surface area (Å²) in [5.41, 5.74) is 7.60. The van der Waals surface area contributed by atoms with Crippen LogP contribution in [0.25, 0.3) is 0 Å². The topological polar surface area (TPSA) is 93.9 Å². The second-order valence-electron chi connectivity index (χ2n) is 6.21. The molecule has 2 aliphatic rings. The molecule has 2 heterocycles. The minimum atomic E-state index is -0.568. The van der Waals surface area contributed by atoms with Crippen molar-refractivity contribution in [2.24, 2.45) is 11.7 Å². The molecular weight excluding hydrogens is 310 g/mol. The molecule has 0 radical (unpaired) electrons. The smallest absolute Gasteiger partial charge is 0.410 e. The standard InChI is InChI=1S/C17H23N3O4/c18-7-12-1-3-13(4-2-12)8-19-16(21)15-11-24-17(22)20(15)9-14-5-6-23-10-14/h1-4,14-15H,5-11,18H2,(H,19,21)/t14?,15-/m0/s1. The average molecular weight is 333 g/mol. The van der Waals surface area contributed by atoms with E-state index in [1.54, 1.807) is 0 Å². The summed E-state index contributed by atoms with van der Waals surface area (Å²) in [5.74, 6) is 0.0809. The van der Waals surface area contributed by atoms with Crippen molar-refractivity contribution in [3.63, 3.8) is 0 Å². The van der Waals surface area contributed by atoms with Crippen molar-refractivity contribution in [2.75, 3.05) is 26.4 Å². The molecular formula is C17H23N3O4. The first-order chi connectivity index (χ1) is 11.7. The Kier molecular flexibility index (Phi) is 5.32. The van der Waals surface area contributed by atoms with Crippen LogP contribution in [0.1, 0.15) is 17.5 Å². The van der Waals surface area contributed by atoms with Gasteiger partial charge in [-0.25, -0.2) is 4.79 Å².